The van der Waals surface area contributed by atoms with E-state index in [4.69, 9.17) is 70.8 Å². The number of carbonyl (C=O) groups excluding carboxylic acids is 2. The van der Waals surface area contributed by atoms with Gasteiger partial charge in [-0.15, -0.1) is 0 Å². The molecule has 0 aliphatic carbocycles. The Labute approximate surface area is 359 Å². The highest BCUT2D eigenvalue weighted by atomic mass is 35.5. The Hall–Kier alpha value is -5.93. The Morgan fingerprint density at radius 1 is 0.780 bits per heavy atom. The second-order valence-corrected chi connectivity index (χ2v) is 14.6. The van der Waals surface area contributed by atoms with Gasteiger partial charge < -0.3 is 34.8 Å². The van der Waals surface area contributed by atoms with Gasteiger partial charge in [-0.05, 0) is 117 Å². The Morgan fingerprint density at radius 3 is 2.02 bits per heavy atom. The van der Waals surface area contributed by atoms with E-state index in [1.54, 1.807) is 76.2 Å². The summed E-state index contributed by atoms with van der Waals surface area (Å²) in [6.07, 6.45) is -0.896. The van der Waals surface area contributed by atoms with Gasteiger partial charge in [-0.25, -0.2) is 10.0 Å². The van der Waals surface area contributed by atoms with Crippen LogP contribution in [0.3, 0.4) is 0 Å². The number of nitrogens with zero attached hydrogens (tertiary/aromatic N) is 4. The number of aliphatic imine (C=N–C) groups is 1. The third-order valence-corrected chi connectivity index (χ3v) is 9.73. The van der Waals surface area contributed by atoms with Crippen molar-refractivity contribution < 1.29 is 39.1 Å². The van der Waals surface area contributed by atoms with Gasteiger partial charge in [0.1, 0.15) is 28.7 Å². The van der Waals surface area contributed by atoms with Crippen LogP contribution in [0.25, 0.3) is 0 Å². The number of rotatable bonds is 10. The minimum Gasteiger partial charge on any atom is -0.508 e. The number of carbonyl (C=O) groups is 2. The van der Waals surface area contributed by atoms with Crippen molar-refractivity contribution in [2.75, 3.05) is 24.5 Å². The number of ether oxygens (including phenoxy) is 3. The Kier molecular flexibility index (Phi) is 14.4. The van der Waals surface area contributed by atoms with Gasteiger partial charge in [0.05, 0.1) is 40.7 Å². The van der Waals surface area contributed by atoms with Crippen molar-refractivity contribution in [3.8, 4) is 34.5 Å². The lowest BCUT2D eigenvalue weighted by Gasteiger charge is -2.19. The van der Waals surface area contributed by atoms with Crippen LogP contribution in [0.1, 0.15) is 23.6 Å². The first-order valence-electron chi connectivity index (χ1n) is 17.5. The monoisotopic (exact) mass is 882 g/mol. The normalized spacial score (nSPS) is 14.7. The highest BCUT2D eigenvalue weighted by Crippen LogP contribution is 2.39. The summed E-state index contributed by atoms with van der Waals surface area (Å²) in [5.41, 5.74) is 5.94. The number of azo groups is 1. The van der Waals surface area contributed by atoms with Crippen LogP contribution in [0.15, 0.2) is 94.1 Å². The molecule has 0 radical (unpaired) electrons. The second kappa shape index (κ2) is 19.2. The third kappa shape index (κ3) is 10.8. The van der Waals surface area contributed by atoms with E-state index in [2.05, 4.69) is 26.0 Å². The van der Waals surface area contributed by atoms with Gasteiger partial charge in [-0.1, -0.05) is 46.4 Å². The van der Waals surface area contributed by atoms with Crippen LogP contribution < -0.4 is 30.0 Å². The zero-order valence-electron chi connectivity index (χ0n) is 32.3. The van der Waals surface area contributed by atoms with Crippen LogP contribution in [0.4, 0.5) is 22.7 Å². The van der Waals surface area contributed by atoms with E-state index in [1.165, 1.54) is 44.6 Å². The highest BCUT2D eigenvalue weighted by molar-refractivity contribution is 6.43. The van der Waals surface area contributed by atoms with E-state index in [0.29, 0.717) is 45.3 Å². The van der Waals surface area contributed by atoms with E-state index in [9.17, 15) is 14.7 Å². The third-order valence-electron chi connectivity index (χ3n) is 8.62. The fraction of sp³-hybridized carbons (Fsp3) is 0.195. The average Bonchev–Trinajstić information content (AvgIpc) is 3.48. The molecule has 59 heavy (non-hydrogen) atoms. The predicted molar refractivity (Wildman–Crippen MR) is 229 cm³/mol. The quantitative estimate of drug-likeness (QED) is 0.0672. The van der Waals surface area contributed by atoms with Crippen molar-refractivity contribution in [2.45, 2.75) is 39.8 Å². The number of hydrogen-bond acceptors (Lipinski definition) is 11. The van der Waals surface area contributed by atoms with Gasteiger partial charge in [0.2, 0.25) is 6.04 Å². The fourth-order valence-corrected chi connectivity index (χ4v) is 6.53. The maximum Gasteiger partial charge on any atom is 0.280 e. The molecule has 18 heteroatoms. The number of halogens is 4. The molecule has 0 spiro atoms. The summed E-state index contributed by atoms with van der Waals surface area (Å²) in [6, 6.07) is 18.8. The van der Waals surface area contributed by atoms with E-state index >= 15 is 0 Å². The number of nitrogens with one attached hydrogen (secondary N) is 2. The number of methoxy groups -OCH3 is 2. The van der Waals surface area contributed by atoms with Crippen molar-refractivity contribution in [3.63, 3.8) is 0 Å². The summed E-state index contributed by atoms with van der Waals surface area (Å²) < 4.78 is 16.4. The van der Waals surface area contributed by atoms with Crippen LogP contribution in [-0.2, 0) is 9.59 Å². The number of phenols is 3. The maximum absolute atomic E-state index is 13.8. The van der Waals surface area contributed by atoms with Gasteiger partial charge in [0.15, 0.2) is 23.4 Å². The number of hydrazine groups is 1. The molecule has 1 aliphatic heterocycles. The zero-order chi connectivity index (χ0) is 43.1. The maximum atomic E-state index is 13.8. The fourth-order valence-electron chi connectivity index (χ4n) is 5.38. The van der Waals surface area contributed by atoms with Crippen molar-refractivity contribution in [1.29, 1.82) is 0 Å². The van der Waals surface area contributed by atoms with Crippen LogP contribution in [0, 0.1) is 20.8 Å². The number of benzene rings is 5. The molecule has 0 saturated carbocycles. The number of amidine groups is 1. The number of aromatic hydroxyl groups is 3. The zero-order valence-corrected chi connectivity index (χ0v) is 35.4. The molecule has 0 aromatic heterocycles. The van der Waals surface area contributed by atoms with Crippen LogP contribution >= 0.6 is 46.4 Å². The number of phenolic OH excluding ortho intramolecular Hbond substituents is 3. The molecule has 14 nitrogen and oxygen atoms in total. The van der Waals surface area contributed by atoms with E-state index in [1.807, 2.05) is 0 Å². The lowest BCUT2D eigenvalue weighted by molar-refractivity contribution is -0.122. The smallest absolute Gasteiger partial charge is 0.280 e. The Morgan fingerprint density at radius 2 is 1.41 bits per heavy atom. The molecule has 5 aromatic rings. The first kappa shape index (κ1) is 44.2. The molecule has 1 saturated heterocycles. The minimum atomic E-state index is -1.30. The molecular weight excluding hydrogens is 846 g/mol. The summed E-state index contributed by atoms with van der Waals surface area (Å²) in [6.45, 7) is 6.79. The topological polar surface area (TPSA) is 187 Å². The second-order valence-electron chi connectivity index (χ2n) is 12.9. The van der Waals surface area contributed by atoms with Crippen molar-refractivity contribution >= 4 is 86.8 Å². The first-order chi connectivity index (χ1) is 28.0. The molecular formula is C41H38Cl4N6O8. The molecule has 0 bridgehead atoms. The Bertz CT molecular complexity index is 2390. The SMILES string of the molecule is COc1ccc(N=NC2C(=O)N(c3c(Cl)cc(Cl)cc3Cl)NC2=Nc2cc(NC(=O)C(C)Oc3ccc(O)c(C)c3)ccc2Cl)cc1OC.Cc1cc(O)c(C)cc1O. The Balaban J connectivity index is 0.000000578. The molecule has 2 atom stereocenters. The summed E-state index contributed by atoms with van der Waals surface area (Å²) in [5.74, 6) is 0.854. The van der Waals surface area contributed by atoms with Crippen LogP contribution in [-0.4, -0.2) is 59.3 Å². The van der Waals surface area contributed by atoms with Crippen LogP contribution in [0.5, 0.6) is 34.5 Å². The van der Waals surface area contributed by atoms with E-state index in [-0.39, 0.29) is 54.5 Å². The van der Waals surface area contributed by atoms with E-state index in [0.717, 1.165) is 5.01 Å². The summed E-state index contributed by atoms with van der Waals surface area (Å²) in [5, 5.41) is 41.1. The highest BCUT2D eigenvalue weighted by Gasteiger charge is 2.41. The predicted octanol–water partition coefficient (Wildman–Crippen LogP) is 10.2. The molecule has 1 aliphatic rings. The van der Waals surface area contributed by atoms with Crippen molar-refractivity contribution in [1.82, 2.24) is 5.43 Å². The number of amides is 2. The van der Waals surface area contributed by atoms with Gasteiger partial charge >= 0.3 is 0 Å². The molecule has 5 aromatic carbocycles. The first-order valence-corrected chi connectivity index (χ1v) is 19.0. The number of aryl methyl sites for hydroxylation is 3. The average molecular weight is 885 g/mol. The van der Waals surface area contributed by atoms with Crippen LogP contribution in [0.2, 0.25) is 20.1 Å². The van der Waals surface area contributed by atoms with Gasteiger partial charge in [0.25, 0.3) is 11.8 Å². The van der Waals surface area contributed by atoms with Gasteiger partial charge in [-0.2, -0.15) is 10.2 Å². The number of anilines is 2. The molecule has 2 unspecified atom stereocenters. The number of hydrogen-bond donors (Lipinski definition) is 5. The van der Waals surface area contributed by atoms with Gasteiger partial charge in [-0.3, -0.25) is 15.0 Å². The minimum absolute atomic E-state index is 0.0288. The molecule has 308 valence electrons. The summed E-state index contributed by atoms with van der Waals surface area (Å²) >= 11 is 25.5. The largest absolute Gasteiger partial charge is 0.508 e. The van der Waals surface area contributed by atoms with Gasteiger partial charge in [0, 0.05) is 16.8 Å². The lowest BCUT2D eigenvalue weighted by Crippen LogP contribution is -2.36. The molecule has 2 amide bonds. The van der Waals surface area contributed by atoms with Crippen molar-refractivity contribution in [3.05, 3.63) is 116 Å². The summed E-state index contributed by atoms with van der Waals surface area (Å²) in [4.78, 5) is 31.4. The standard InChI is InChI=1S/C33H28Cl4N6O6.C8H10O2/c1-16-11-21(7-9-26(16)44)49-17(2)32(45)38-19-5-8-22(35)25(14-19)39-31-29(41-40-20-6-10-27(47-3)28(15-20)48-4)33(46)43(42-31)30-23(36)12-18(34)13-24(30)37;1-5-3-8(10)6(2)4-7(5)9/h5-15,17,29,44H,1-4H3,(H,38,45)(H,39,42);3-4,9-10H,1-2H3. The van der Waals surface area contributed by atoms with Crippen molar-refractivity contribution in [2.24, 2.45) is 15.2 Å². The molecule has 6 rings (SSSR count). The lowest BCUT2D eigenvalue weighted by atomic mass is 10.1. The molecule has 1 heterocycles. The molecule has 1 fully saturated rings. The summed E-state index contributed by atoms with van der Waals surface area (Å²) in [7, 11) is 2.99. The molecule has 5 N–H and O–H groups in total. The van der Waals surface area contributed by atoms with E-state index < -0.39 is 24.0 Å².